The maximum Gasteiger partial charge on any atom is 0.409 e. The van der Waals surface area contributed by atoms with Crippen molar-refractivity contribution in [3.63, 3.8) is 0 Å². The zero-order valence-electron chi connectivity index (χ0n) is 7.96. The molecule has 1 amide bonds. The van der Waals surface area contributed by atoms with Gasteiger partial charge in [0, 0.05) is 6.54 Å². The first-order chi connectivity index (χ1) is 6.24. The number of nitrogens with zero attached hydrogens (tertiary/aromatic N) is 1. The normalized spacial score (nSPS) is 22.0. The molecule has 4 heteroatoms. The van der Waals surface area contributed by atoms with E-state index in [9.17, 15) is 9.18 Å². The van der Waals surface area contributed by atoms with Gasteiger partial charge in [0.05, 0.1) is 13.2 Å². The largest absolute Gasteiger partial charge is 0.449 e. The van der Waals surface area contributed by atoms with Crippen LogP contribution in [-0.2, 0) is 4.74 Å². The lowest BCUT2D eigenvalue weighted by atomic mass is 10.3. The van der Waals surface area contributed by atoms with E-state index in [-0.39, 0.29) is 12.6 Å². The van der Waals surface area contributed by atoms with Crippen LogP contribution in [0.25, 0.3) is 0 Å². The molecule has 1 heterocycles. The van der Waals surface area contributed by atoms with E-state index in [4.69, 9.17) is 4.74 Å². The van der Waals surface area contributed by atoms with Gasteiger partial charge in [-0.2, -0.15) is 0 Å². The molecule has 1 saturated heterocycles. The second-order valence-corrected chi connectivity index (χ2v) is 3.30. The van der Waals surface area contributed by atoms with Gasteiger partial charge in [0.15, 0.2) is 0 Å². The number of alkyl halides is 1. The Morgan fingerprint density at radius 1 is 1.69 bits per heavy atom. The summed E-state index contributed by atoms with van der Waals surface area (Å²) in [5.41, 5.74) is 0. The summed E-state index contributed by atoms with van der Waals surface area (Å²) in [6.07, 6.45) is 1.09. The Morgan fingerprint density at radius 3 is 3.00 bits per heavy atom. The Balaban J connectivity index is 2.16. The number of amides is 1. The molecule has 13 heavy (non-hydrogen) atoms. The van der Waals surface area contributed by atoms with E-state index in [0.717, 1.165) is 12.8 Å². The molecule has 0 saturated carbocycles. The van der Waals surface area contributed by atoms with Crippen molar-refractivity contribution in [2.45, 2.75) is 32.4 Å². The molecule has 76 valence electrons. The summed E-state index contributed by atoms with van der Waals surface area (Å²) in [5, 5.41) is 0. The highest BCUT2D eigenvalue weighted by molar-refractivity contribution is 5.67. The fourth-order valence-corrected chi connectivity index (χ4v) is 1.28. The number of unbranched alkanes of at least 4 members (excludes halogenated alkanes) is 1. The van der Waals surface area contributed by atoms with Gasteiger partial charge in [-0.25, -0.2) is 9.18 Å². The first-order valence-corrected chi connectivity index (χ1v) is 4.79. The standard InChI is InChI=1S/C9H16FNO2/c1-2-3-6-13-9(12)11-5-4-8(10)7-11/h8H,2-7H2,1H3. The van der Waals surface area contributed by atoms with E-state index >= 15 is 0 Å². The summed E-state index contributed by atoms with van der Waals surface area (Å²) < 4.78 is 17.6. The molecule has 0 N–H and O–H groups in total. The number of halogens is 1. The predicted molar refractivity (Wildman–Crippen MR) is 47.3 cm³/mol. The predicted octanol–water partition coefficient (Wildman–Crippen LogP) is 1.97. The molecule has 3 nitrogen and oxygen atoms in total. The van der Waals surface area contributed by atoms with Gasteiger partial charge in [-0.15, -0.1) is 0 Å². The minimum atomic E-state index is -0.862. The maximum absolute atomic E-state index is 12.7. The Kier molecular flexibility index (Phi) is 3.99. The van der Waals surface area contributed by atoms with Gasteiger partial charge in [-0.3, -0.25) is 0 Å². The molecule has 1 fully saturated rings. The molecule has 0 spiro atoms. The molecule has 0 aliphatic carbocycles. The van der Waals surface area contributed by atoms with Crippen LogP contribution in [0, 0.1) is 0 Å². The summed E-state index contributed by atoms with van der Waals surface area (Å²) in [7, 11) is 0. The number of ether oxygens (including phenoxy) is 1. The number of hydrogen-bond acceptors (Lipinski definition) is 2. The highest BCUT2D eigenvalue weighted by Gasteiger charge is 2.26. The minimum Gasteiger partial charge on any atom is -0.449 e. The van der Waals surface area contributed by atoms with Crippen LogP contribution >= 0.6 is 0 Å². The fourth-order valence-electron chi connectivity index (χ4n) is 1.28. The number of rotatable bonds is 3. The second kappa shape index (κ2) is 5.04. The number of carbonyl (C=O) groups is 1. The highest BCUT2D eigenvalue weighted by Crippen LogP contribution is 2.13. The molecule has 1 aliphatic rings. The first kappa shape index (κ1) is 10.3. The van der Waals surface area contributed by atoms with E-state index in [2.05, 4.69) is 0 Å². The maximum atomic E-state index is 12.7. The van der Waals surface area contributed by atoms with E-state index < -0.39 is 6.17 Å². The van der Waals surface area contributed by atoms with Crippen molar-refractivity contribution < 1.29 is 13.9 Å². The van der Waals surface area contributed by atoms with Crippen LogP contribution in [0.3, 0.4) is 0 Å². The lowest BCUT2D eigenvalue weighted by molar-refractivity contribution is 0.107. The molecule has 1 unspecified atom stereocenters. The third kappa shape index (κ3) is 3.20. The molecule has 1 atom stereocenters. The van der Waals surface area contributed by atoms with Crippen molar-refractivity contribution in [1.29, 1.82) is 0 Å². The first-order valence-electron chi connectivity index (χ1n) is 4.79. The number of hydrogen-bond donors (Lipinski definition) is 0. The zero-order valence-corrected chi connectivity index (χ0v) is 7.96. The third-order valence-electron chi connectivity index (χ3n) is 2.11. The molecule has 0 aromatic heterocycles. The van der Waals surface area contributed by atoms with Crippen LogP contribution < -0.4 is 0 Å². The fraction of sp³-hybridized carbons (Fsp3) is 0.889. The van der Waals surface area contributed by atoms with E-state index in [1.165, 1.54) is 4.90 Å². The van der Waals surface area contributed by atoms with Gasteiger partial charge in [-0.05, 0) is 12.8 Å². The summed E-state index contributed by atoms with van der Waals surface area (Å²) in [6.45, 7) is 3.17. The molecule has 0 aromatic carbocycles. The summed E-state index contributed by atoms with van der Waals surface area (Å²) >= 11 is 0. The van der Waals surface area contributed by atoms with Crippen molar-refractivity contribution in [3.8, 4) is 0 Å². The zero-order chi connectivity index (χ0) is 9.68. The topological polar surface area (TPSA) is 29.5 Å². The van der Waals surface area contributed by atoms with Gasteiger partial charge in [0.2, 0.25) is 0 Å². The molecular weight excluding hydrogens is 173 g/mol. The van der Waals surface area contributed by atoms with Crippen molar-refractivity contribution in [1.82, 2.24) is 4.90 Å². The molecule has 0 radical (unpaired) electrons. The van der Waals surface area contributed by atoms with Crippen molar-refractivity contribution >= 4 is 6.09 Å². The quantitative estimate of drug-likeness (QED) is 0.635. The number of likely N-dealkylation sites (tertiary alicyclic amines) is 1. The van der Waals surface area contributed by atoms with Gasteiger partial charge >= 0.3 is 6.09 Å². The number of carbonyl (C=O) groups excluding carboxylic acids is 1. The van der Waals surface area contributed by atoms with Crippen LogP contribution in [0.4, 0.5) is 9.18 Å². The Bertz CT molecular complexity index is 175. The van der Waals surface area contributed by atoms with Crippen molar-refractivity contribution in [2.24, 2.45) is 0 Å². The summed E-state index contributed by atoms with van der Waals surface area (Å²) in [5.74, 6) is 0. The van der Waals surface area contributed by atoms with Crippen molar-refractivity contribution in [2.75, 3.05) is 19.7 Å². The Labute approximate surface area is 77.9 Å². The highest BCUT2D eigenvalue weighted by atomic mass is 19.1. The monoisotopic (exact) mass is 189 g/mol. The molecule has 0 bridgehead atoms. The average Bonchev–Trinajstić information content (AvgIpc) is 2.52. The van der Waals surface area contributed by atoms with E-state index in [1.807, 2.05) is 6.92 Å². The van der Waals surface area contributed by atoms with Gasteiger partial charge < -0.3 is 9.64 Å². The Hall–Kier alpha value is -0.800. The van der Waals surface area contributed by atoms with Gasteiger partial charge in [-0.1, -0.05) is 13.3 Å². The van der Waals surface area contributed by atoms with Gasteiger partial charge in [0.25, 0.3) is 0 Å². The third-order valence-corrected chi connectivity index (χ3v) is 2.11. The second-order valence-electron chi connectivity index (χ2n) is 3.30. The van der Waals surface area contributed by atoms with E-state index in [1.54, 1.807) is 0 Å². The van der Waals surface area contributed by atoms with Crippen LogP contribution in [0.5, 0.6) is 0 Å². The molecule has 0 aromatic rings. The van der Waals surface area contributed by atoms with Crippen LogP contribution in [-0.4, -0.2) is 36.9 Å². The minimum absolute atomic E-state index is 0.199. The molecular formula is C9H16FNO2. The lowest BCUT2D eigenvalue weighted by Crippen LogP contribution is -2.29. The van der Waals surface area contributed by atoms with Gasteiger partial charge in [0.1, 0.15) is 6.17 Å². The van der Waals surface area contributed by atoms with Crippen LogP contribution in [0.15, 0.2) is 0 Å². The van der Waals surface area contributed by atoms with Crippen LogP contribution in [0.2, 0.25) is 0 Å². The molecule has 1 rings (SSSR count). The molecule has 1 aliphatic heterocycles. The SMILES string of the molecule is CCCCOC(=O)N1CCC(F)C1. The smallest absolute Gasteiger partial charge is 0.409 e. The lowest BCUT2D eigenvalue weighted by Gasteiger charge is -2.14. The summed E-state index contributed by atoms with van der Waals surface area (Å²) in [6, 6.07) is 0. The van der Waals surface area contributed by atoms with E-state index in [0.29, 0.717) is 19.6 Å². The average molecular weight is 189 g/mol. The van der Waals surface area contributed by atoms with Crippen LogP contribution in [0.1, 0.15) is 26.2 Å². The van der Waals surface area contributed by atoms with Crippen molar-refractivity contribution in [3.05, 3.63) is 0 Å². The Morgan fingerprint density at radius 2 is 2.46 bits per heavy atom. The summed E-state index contributed by atoms with van der Waals surface area (Å²) in [4.78, 5) is 12.6.